The molecule has 1 rings (SSSR count). The van der Waals surface area contributed by atoms with E-state index in [0.29, 0.717) is 18.8 Å². The Morgan fingerprint density at radius 3 is 2.10 bits per heavy atom. The highest BCUT2D eigenvalue weighted by molar-refractivity contribution is 8.15. The number of halogens is 1. The molecule has 0 atom stereocenters. The molecule has 0 aromatic rings. The summed E-state index contributed by atoms with van der Waals surface area (Å²) in [5.41, 5.74) is 0. The van der Waals surface area contributed by atoms with Crippen LogP contribution in [0.5, 0.6) is 0 Å². The summed E-state index contributed by atoms with van der Waals surface area (Å²) in [4.78, 5) is 0. The summed E-state index contributed by atoms with van der Waals surface area (Å²) in [6.45, 7) is 2.03. The maximum absolute atomic E-state index is 10.8. The zero-order valence-corrected chi connectivity index (χ0v) is 7.67. The third kappa shape index (κ3) is 1.19. The molecular formula is C5H10BClO2S. The first-order chi connectivity index (χ1) is 4.35. The molecule has 0 spiro atoms. The second-order valence-corrected chi connectivity index (χ2v) is 6.48. The van der Waals surface area contributed by atoms with E-state index in [1.54, 1.807) is 7.85 Å². The minimum absolute atomic E-state index is 0.513. The van der Waals surface area contributed by atoms with E-state index >= 15 is 0 Å². The van der Waals surface area contributed by atoms with Crippen LogP contribution in [0, 0.1) is 5.92 Å². The van der Waals surface area contributed by atoms with E-state index in [4.69, 9.17) is 10.7 Å². The molecule has 2 nitrogen and oxygen atoms in total. The number of hydrogen-bond donors (Lipinski definition) is 0. The predicted octanol–water partition coefficient (Wildman–Crippen LogP) is 0.314. The quantitative estimate of drug-likeness (QED) is 0.430. The fourth-order valence-corrected chi connectivity index (χ4v) is 2.96. The van der Waals surface area contributed by atoms with E-state index in [1.165, 1.54) is 0 Å². The smallest absolute Gasteiger partial charge is 0.212 e. The first-order valence-corrected chi connectivity index (χ1v) is 5.60. The highest BCUT2D eigenvalue weighted by atomic mass is 35.7. The second kappa shape index (κ2) is 2.14. The summed E-state index contributed by atoms with van der Waals surface area (Å²) < 4.78 is 21.1. The van der Waals surface area contributed by atoms with Crippen LogP contribution in [0.2, 0.25) is 0 Å². The minimum atomic E-state index is -3.33. The molecule has 1 aliphatic rings. The van der Waals surface area contributed by atoms with Crippen molar-refractivity contribution in [3.8, 4) is 0 Å². The molecule has 0 aromatic carbocycles. The molecule has 0 saturated heterocycles. The van der Waals surface area contributed by atoms with Crippen LogP contribution in [-0.2, 0) is 9.05 Å². The average molecular weight is 180 g/mol. The maximum atomic E-state index is 10.8. The van der Waals surface area contributed by atoms with Gasteiger partial charge in [-0.1, -0.05) is 6.92 Å². The first-order valence-electron chi connectivity index (χ1n) is 3.29. The van der Waals surface area contributed by atoms with E-state index in [0.717, 1.165) is 0 Å². The Labute approximate surface area is 66.8 Å². The molecule has 10 heavy (non-hydrogen) atoms. The molecule has 0 bridgehead atoms. The highest BCUT2D eigenvalue weighted by Crippen LogP contribution is 2.42. The van der Waals surface area contributed by atoms with Gasteiger partial charge in [-0.25, -0.2) is 8.42 Å². The fraction of sp³-hybridized carbons (Fsp3) is 1.00. The molecule has 0 radical (unpaired) electrons. The van der Waals surface area contributed by atoms with Crippen molar-refractivity contribution < 1.29 is 8.42 Å². The third-order valence-corrected chi connectivity index (χ3v) is 4.78. The van der Waals surface area contributed by atoms with E-state index < -0.39 is 13.7 Å². The van der Waals surface area contributed by atoms with Crippen molar-refractivity contribution in [1.29, 1.82) is 0 Å². The van der Waals surface area contributed by atoms with Gasteiger partial charge in [-0.15, -0.1) is 0 Å². The summed E-state index contributed by atoms with van der Waals surface area (Å²) in [5, 5.41) is 0. The van der Waals surface area contributed by atoms with Crippen LogP contribution in [0.1, 0.15) is 19.8 Å². The van der Waals surface area contributed by atoms with Crippen molar-refractivity contribution in [2.75, 3.05) is 0 Å². The lowest BCUT2D eigenvalue weighted by atomic mass is 9.64. The molecule has 0 N–H and O–H groups in total. The summed E-state index contributed by atoms with van der Waals surface area (Å²) >= 11 is 0. The average Bonchev–Trinajstić information content (AvgIpc) is 1.58. The molecule has 58 valence electrons. The van der Waals surface area contributed by atoms with E-state index in [9.17, 15) is 8.42 Å². The number of hydrogen-bond acceptors (Lipinski definition) is 2. The zero-order chi connectivity index (χ0) is 7.99. The van der Waals surface area contributed by atoms with Gasteiger partial charge in [-0.2, -0.15) is 0 Å². The molecule has 1 aliphatic carbocycles. The van der Waals surface area contributed by atoms with Crippen molar-refractivity contribution in [1.82, 2.24) is 0 Å². The molecule has 0 heterocycles. The minimum Gasteiger partial charge on any atom is -0.212 e. The summed E-state index contributed by atoms with van der Waals surface area (Å²) in [6, 6.07) is 0. The summed E-state index contributed by atoms with van der Waals surface area (Å²) in [7, 11) is 3.59. The standard InChI is InChI=1S/C5H10BClO2S/c1-4-2-5(6,3-4)10(7,8)9/h4H,2-3,6H2,1H3. The van der Waals surface area contributed by atoms with Gasteiger partial charge in [-0.3, -0.25) is 0 Å². The molecule has 1 fully saturated rings. The van der Waals surface area contributed by atoms with Crippen LogP contribution in [0.3, 0.4) is 0 Å². The van der Waals surface area contributed by atoms with Gasteiger partial charge < -0.3 is 0 Å². The van der Waals surface area contributed by atoms with Crippen LogP contribution in [0.15, 0.2) is 0 Å². The van der Waals surface area contributed by atoms with Crippen LogP contribution in [-0.4, -0.2) is 20.9 Å². The lowest BCUT2D eigenvalue weighted by Gasteiger charge is -2.40. The van der Waals surface area contributed by atoms with Crippen molar-refractivity contribution in [3.63, 3.8) is 0 Å². The SMILES string of the molecule is BC1(S(=O)(=O)Cl)CC(C)C1. The largest absolute Gasteiger partial charge is 0.230 e. The van der Waals surface area contributed by atoms with Crippen molar-refractivity contribution in [2.45, 2.75) is 24.4 Å². The topological polar surface area (TPSA) is 34.1 Å². The first kappa shape index (κ1) is 8.40. The maximum Gasteiger partial charge on any atom is 0.230 e. The Kier molecular flexibility index (Phi) is 1.80. The van der Waals surface area contributed by atoms with Gasteiger partial charge in [0.2, 0.25) is 9.05 Å². The molecule has 0 unspecified atom stereocenters. The monoisotopic (exact) mass is 180 g/mol. The molecule has 0 amide bonds. The molecule has 0 aromatic heterocycles. The van der Waals surface area contributed by atoms with Crippen molar-refractivity contribution in [3.05, 3.63) is 0 Å². The Morgan fingerprint density at radius 2 is 2.00 bits per heavy atom. The summed E-state index contributed by atoms with van der Waals surface area (Å²) in [6.07, 6.45) is 1.41. The summed E-state index contributed by atoms with van der Waals surface area (Å²) in [5.74, 6) is 0.513. The molecular weight excluding hydrogens is 170 g/mol. The van der Waals surface area contributed by atoms with Crippen molar-refractivity contribution >= 4 is 27.6 Å². The fourth-order valence-electron chi connectivity index (χ4n) is 1.61. The molecule has 5 heteroatoms. The second-order valence-electron chi connectivity index (χ2n) is 3.40. The third-order valence-electron chi connectivity index (χ3n) is 2.15. The van der Waals surface area contributed by atoms with Crippen LogP contribution >= 0.6 is 10.7 Å². The van der Waals surface area contributed by atoms with Gasteiger partial charge in [0, 0.05) is 10.7 Å². The Morgan fingerprint density at radius 1 is 1.60 bits per heavy atom. The normalized spacial score (nSPS) is 40.8. The van der Waals surface area contributed by atoms with Gasteiger partial charge in [0.25, 0.3) is 0 Å². The zero-order valence-electron chi connectivity index (χ0n) is 6.09. The lowest BCUT2D eigenvalue weighted by molar-refractivity contribution is 0.314. The van der Waals surface area contributed by atoms with E-state index in [2.05, 4.69) is 0 Å². The Balaban J connectivity index is 2.76. The van der Waals surface area contributed by atoms with E-state index in [-0.39, 0.29) is 0 Å². The van der Waals surface area contributed by atoms with Crippen LogP contribution < -0.4 is 0 Å². The van der Waals surface area contributed by atoms with Gasteiger partial charge in [0.15, 0.2) is 0 Å². The van der Waals surface area contributed by atoms with Gasteiger partial charge in [-0.05, 0) is 18.8 Å². The predicted molar refractivity (Wildman–Crippen MR) is 44.4 cm³/mol. The number of rotatable bonds is 1. The van der Waals surface area contributed by atoms with Gasteiger partial charge >= 0.3 is 0 Å². The van der Waals surface area contributed by atoms with Gasteiger partial charge in [0.05, 0.1) is 4.65 Å². The van der Waals surface area contributed by atoms with Crippen LogP contribution in [0.25, 0.3) is 0 Å². The van der Waals surface area contributed by atoms with Crippen molar-refractivity contribution in [2.24, 2.45) is 5.92 Å². The Bertz CT molecular complexity index is 230. The molecule has 0 aliphatic heterocycles. The highest BCUT2D eigenvalue weighted by Gasteiger charge is 2.47. The molecule has 1 saturated carbocycles. The lowest BCUT2D eigenvalue weighted by Crippen LogP contribution is -2.47. The van der Waals surface area contributed by atoms with Gasteiger partial charge in [0.1, 0.15) is 7.85 Å². The Hall–Kier alpha value is 0.305. The van der Waals surface area contributed by atoms with Crippen LogP contribution in [0.4, 0.5) is 0 Å². The van der Waals surface area contributed by atoms with E-state index in [1.807, 2.05) is 6.92 Å².